The van der Waals surface area contributed by atoms with E-state index >= 15 is 0 Å². The maximum Gasteiger partial charge on any atom is 0.417 e. The smallest absolute Gasteiger partial charge is 0.417 e. The molecule has 26 heavy (non-hydrogen) atoms. The number of alkyl halides is 3. The van der Waals surface area contributed by atoms with Gasteiger partial charge in [-0.05, 0) is 30.7 Å². The maximum absolute atomic E-state index is 12.5. The number of amides is 1. The van der Waals surface area contributed by atoms with Crippen molar-refractivity contribution < 1.29 is 32.6 Å². The molecule has 0 aliphatic heterocycles. The quantitative estimate of drug-likeness (QED) is 0.782. The van der Waals surface area contributed by atoms with Crippen molar-refractivity contribution >= 4 is 29.3 Å². The molecule has 0 spiro atoms. The van der Waals surface area contributed by atoms with Crippen LogP contribution in [0.3, 0.4) is 0 Å². The summed E-state index contributed by atoms with van der Waals surface area (Å²) >= 11 is 5.66. The summed E-state index contributed by atoms with van der Waals surface area (Å²) in [6.07, 6.45) is -4.11. The molecule has 0 radical (unpaired) electrons. The van der Waals surface area contributed by atoms with E-state index in [1.54, 1.807) is 13.0 Å². The van der Waals surface area contributed by atoms with Crippen molar-refractivity contribution in [3.8, 4) is 5.75 Å². The first-order chi connectivity index (χ1) is 12.1. The highest BCUT2D eigenvalue weighted by Gasteiger charge is 2.31. The summed E-state index contributed by atoms with van der Waals surface area (Å²) < 4.78 is 42.3. The minimum Gasteiger partial charge on any atom is -0.507 e. The zero-order valence-corrected chi connectivity index (χ0v) is 14.0. The van der Waals surface area contributed by atoms with Gasteiger partial charge in [0.25, 0.3) is 5.91 Å². The molecule has 2 N–H and O–H groups in total. The summed E-state index contributed by atoms with van der Waals surface area (Å²) in [7, 11) is 0. The Morgan fingerprint density at radius 1 is 1.31 bits per heavy atom. The average molecular weight is 389 g/mol. The lowest BCUT2D eigenvalue weighted by Gasteiger charge is -2.10. The van der Waals surface area contributed by atoms with E-state index in [4.69, 9.17) is 16.3 Å². The number of anilines is 1. The number of rotatable bonds is 4. The fourth-order valence-electron chi connectivity index (χ4n) is 1.88. The van der Waals surface area contributed by atoms with Crippen LogP contribution >= 0.6 is 11.6 Å². The SMILES string of the molecule is Cc1ccc(C(=O)OCC(=O)Nc2ncc(C(F)(F)F)cc2Cl)c(O)c1. The van der Waals surface area contributed by atoms with Crippen LogP contribution in [0.5, 0.6) is 5.75 Å². The lowest BCUT2D eigenvalue weighted by atomic mass is 10.1. The second kappa shape index (κ2) is 7.61. The van der Waals surface area contributed by atoms with Crippen molar-refractivity contribution in [2.75, 3.05) is 11.9 Å². The second-order valence-electron chi connectivity index (χ2n) is 5.20. The van der Waals surface area contributed by atoms with Gasteiger partial charge in [-0.15, -0.1) is 0 Å². The van der Waals surface area contributed by atoms with Crippen LogP contribution in [0.4, 0.5) is 19.0 Å². The Labute approximate surface area is 150 Å². The molecule has 6 nitrogen and oxygen atoms in total. The Morgan fingerprint density at radius 2 is 2.00 bits per heavy atom. The normalized spacial score (nSPS) is 11.1. The highest BCUT2D eigenvalue weighted by molar-refractivity contribution is 6.33. The third-order valence-electron chi connectivity index (χ3n) is 3.13. The number of hydrogen-bond donors (Lipinski definition) is 2. The number of phenols is 1. The Kier molecular flexibility index (Phi) is 5.71. The highest BCUT2D eigenvalue weighted by Crippen LogP contribution is 2.32. The van der Waals surface area contributed by atoms with Crippen molar-refractivity contribution in [1.82, 2.24) is 4.98 Å². The molecular formula is C16H12ClF3N2O4. The molecule has 2 aromatic rings. The van der Waals surface area contributed by atoms with Gasteiger partial charge in [0.15, 0.2) is 12.4 Å². The average Bonchev–Trinajstić information content (AvgIpc) is 2.53. The van der Waals surface area contributed by atoms with Gasteiger partial charge >= 0.3 is 12.1 Å². The number of carbonyl (C=O) groups is 2. The van der Waals surface area contributed by atoms with E-state index in [2.05, 4.69) is 10.3 Å². The Balaban J connectivity index is 1.98. The number of nitrogens with zero attached hydrogens (tertiary/aromatic N) is 1. The molecule has 1 aromatic heterocycles. The van der Waals surface area contributed by atoms with Gasteiger partial charge in [0.1, 0.15) is 11.3 Å². The number of phenolic OH excluding ortho intramolecular Hbond substituents is 1. The Morgan fingerprint density at radius 3 is 2.58 bits per heavy atom. The number of benzene rings is 1. The Bertz CT molecular complexity index is 856. The number of aromatic nitrogens is 1. The van der Waals surface area contributed by atoms with Crippen molar-refractivity contribution in [3.63, 3.8) is 0 Å². The van der Waals surface area contributed by atoms with Crippen LogP contribution in [-0.4, -0.2) is 28.6 Å². The number of esters is 1. The molecular weight excluding hydrogens is 377 g/mol. The van der Waals surface area contributed by atoms with Gasteiger partial charge in [0.2, 0.25) is 0 Å². The van der Waals surface area contributed by atoms with E-state index in [1.165, 1.54) is 12.1 Å². The molecule has 0 saturated carbocycles. The molecule has 0 aliphatic carbocycles. The molecule has 10 heteroatoms. The molecule has 0 fully saturated rings. The Hall–Kier alpha value is -2.81. The van der Waals surface area contributed by atoms with Crippen LogP contribution in [0.15, 0.2) is 30.5 Å². The summed E-state index contributed by atoms with van der Waals surface area (Å²) in [4.78, 5) is 27.0. The first kappa shape index (κ1) is 19.5. The number of halogens is 4. The largest absolute Gasteiger partial charge is 0.507 e. The number of hydrogen-bond acceptors (Lipinski definition) is 5. The van der Waals surface area contributed by atoms with Crippen molar-refractivity contribution in [2.24, 2.45) is 0 Å². The number of nitrogens with one attached hydrogen (secondary N) is 1. The van der Waals surface area contributed by atoms with E-state index in [0.29, 0.717) is 12.3 Å². The lowest BCUT2D eigenvalue weighted by molar-refractivity contribution is -0.137. The third kappa shape index (κ3) is 4.85. The van der Waals surface area contributed by atoms with Gasteiger partial charge in [-0.25, -0.2) is 9.78 Å². The van der Waals surface area contributed by atoms with Crippen molar-refractivity contribution in [2.45, 2.75) is 13.1 Å². The van der Waals surface area contributed by atoms with Crippen LogP contribution in [-0.2, 0) is 15.7 Å². The summed E-state index contributed by atoms with van der Waals surface area (Å²) in [5, 5.41) is 11.4. The first-order valence-corrected chi connectivity index (χ1v) is 7.45. The molecule has 0 unspecified atom stereocenters. The fraction of sp³-hybridized carbons (Fsp3) is 0.188. The van der Waals surface area contributed by atoms with E-state index in [1.807, 2.05) is 0 Å². The summed E-state index contributed by atoms with van der Waals surface area (Å²) in [5.74, 6) is -2.41. The molecule has 0 bridgehead atoms. The fourth-order valence-corrected chi connectivity index (χ4v) is 2.09. The standard InChI is InChI=1S/C16H12ClF3N2O4/c1-8-2-3-10(12(23)4-8)15(25)26-7-13(24)22-14-11(17)5-9(6-21-14)16(18,19)20/h2-6,23H,7H2,1H3,(H,21,22,24). The van der Waals surface area contributed by atoms with Crippen LogP contribution in [0, 0.1) is 6.92 Å². The van der Waals surface area contributed by atoms with Gasteiger partial charge in [-0.3, -0.25) is 4.79 Å². The second-order valence-corrected chi connectivity index (χ2v) is 5.60. The molecule has 1 aromatic carbocycles. The summed E-state index contributed by atoms with van der Waals surface area (Å²) in [6, 6.07) is 4.87. The maximum atomic E-state index is 12.5. The summed E-state index contributed by atoms with van der Waals surface area (Å²) in [6.45, 7) is 0.967. The topological polar surface area (TPSA) is 88.5 Å². The highest BCUT2D eigenvalue weighted by atomic mass is 35.5. The summed E-state index contributed by atoms with van der Waals surface area (Å²) in [5.41, 5.74) is -0.476. The lowest BCUT2D eigenvalue weighted by Crippen LogP contribution is -2.22. The van der Waals surface area contributed by atoms with Gasteiger partial charge in [-0.1, -0.05) is 17.7 Å². The van der Waals surface area contributed by atoms with E-state index in [0.717, 1.165) is 5.56 Å². The molecule has 0 atom stereocenters. The zero-order valence-electron chi connectivity index (χ0n) is 13.2. The molecule has 138 valence electrons. The van der Waals surface area contributed by atoms with Crippen molar-refractivity contribution in [1.29, 1.82) is 0 Å². The van der Waals surface area contributed by atoms with Crippen LogP contribution in [0.2, 0.25) is 5.02 Å². The van der Waals surface area contributed by atoms with E-state index in [-0.39, 0.29) is 17.1 Å². The molecule has 2 rings (SSSR count). The number of carbonyl (C=O) groups excluding carboxylic acids is 2. The molecule has 1 amide bonds. The van der Waals surface area contributed by atoms with Crippen LogP contribution in [0.1, 0.15) is 21.5 Å². The minimum absolute atomic E-state index is 0.130. The number of aryl methyl sites for hydroxylation is 1. The van der Waals surface area contributed by atoms with Crippen LogP contribution < -0.4 is 5.32 Å². The van der Waals surface area contributed by atoms with Crippen LogP contribution in [0.25, 0.3) is 0 Å². The van der Waals surface area contributed by atoms with E-state index < -0.39 is 35.2 Å². The number of aromatic hydroxyl groups is 1. The number of ether oxygens (including phenoxy) is 1. The van der Waals surface area contributed by atoms with Gasteiger partial charge in [0.05, 0.1) is 10.6 Å². The molecule has 1 heterocycles. The van der Waals surface area contributed by atoms with Gasteiger partial charge < -0.3 is 15.2 Å². The minimum atomic E-state index is -4.62. The first-order valence-electron chi connectivity index (χ1n) is 7.07. The predicted molar refractivity (Wildman–Crippen MR) is 86.0 cm³/mol. The van der Waals surface area contributed by atoms with Crippen molar-refractivity contribution in [3.05, 3.63) is 52.2 Å². The van der Waals surface area contributed by atoms with Gasteiger partial charge in [0, 0.05) is 6.20 Å². The predicted octanol–water partition coefficient (Wildman–Crippen LogP) is 3.56. The van der Waals surface area contributed by atoms with E-state index in [9.17, 15) is 27.9 Å². The van der Waals surface area contributed by atoms with Gasteiger partial charge in [-0.2, -0.15) is 13.2 Å². The zero-order chi connectivity index (χ0) is 19.5. The number of pyridine rings is 1. The molecule has 0 aliphatic rings. The third-order valence-corrected chi connectivity index (χ3v) is 3.42. The monoisotopic (exact) mass is 388 g/mol. The molecule has 0 saturated heterocycles.